The third kappa shape index (κ3) is 14.5. The highest BCUT2D eigenvalue weighted by Crippen LogP contribution is 2.03. The molecule has 246 valence electrons. The molecule has 1 heterocycles. The first-order valence-electron chi connectivity index (χ1n) is 16.0. The fourth-order valence-corrected chi connectivity index (χ4v) is 9.71. The maximum absolute atomic E-state index is 13.4. The van der Waals surface area contributed by atoms with Gasteiger partial charge >= 0.3 is 17.1 Å². The Morgan fingerprint density at radius 3 is 0.857 bits per heavy atom. The monoisotopic (exact) mass is 651 g/mol. The molecule has 0 atom stereocenters. The molecule has 12 nitrogen and oxygen atoms in total. The Bertz CT molecular complexity index is 834. The summed E-state index contributed by atoms with van der Waals surface area (Å²) in [5.74, 6) is -0.486. The first-order chi connectivity index (χ1) is 20.4. The van der Waals surface area contributed by atoms with Crippen molar-refractivity contribution in [1.29, 1.82) is 0 Å². The van der Waals surface area contributed by atoms with Gasteiger partial charge in [0.15, 0.2) is 0 Å². The van der Waals surface area contributed by atoms with Crippen molar-refractivity contribution >= 4 is 28.6 Å². The van der Waals surface area contributed by atoms with Crippen molar-refractivity contribution in [3.63, 3.8) is 0 Å². The van der Waals surface area contributed by atoms with Gasteiger partial charge in [-0.1, -0.05) is 18.1 Å². The van der Waals surface area contributed by atoms with Crippen LogP contribution in [0.4, 0.5) is 0 Å². The predicted molar refractivity (Wildman–Crippen MR) is 174 cm³/mol. The van der Waals surface area contributed by atoms with Crippen LogP contribution in [0.15, 0.2) is 14.4 Å². The summed E-state index contributed by atoms with van der Waals surface area (Å²) in [5.41, 5.74) is -1.57. The van der Waals surface area contributed by atoms with Crippen molar-refractivity contribution in [2.45, 2.75) is 116 Å². The Hall–Kier alpha value is -1.18. The van der Waals surface area contributed by atoms with Crippen LogP contribution in [0.3, 0.4) is 0 Å². The van der Waals surface area contributed by atoms with E-state index in [1.54, 1.807) is 0 Å². The quantitative estimate of drug-likeness (QED) is 0.0745. The van der Waals surface area contributed by atoms with Crippen LogP contribution in [0, 0.1) is 0 Å². The van der Waals surface area contributed by atoms with Crippen LogP contribution in [-0.2, 0) is 48.1 Å². The highest BCUT2D eigenvalue weighted by atomic mass is 28.2. The van der Waals surface area contributed by atoms with Gasteiger partial charge in [-0.15, -0.1) is 0 Å². The number of hydrogen-bond acceptors (Lipinski definition) is 9. The van der Waals surface area contributed by atoms with E-state index < -0.39 is 45.6 Å². The van der Waals surface area contributed by atoms with Crippen molar-refractivity contribution in [3.8, 4) is 0 Å². The number of hydrogen-bond donors (Lipinski definition) is 0. The van der Waals surface area contributed by atoms with E-state index in [9.17, 15) is 14.4 Å². The van der Waals surface area contributed by atoms with Gasteiger partial charge in [0.25, 0.3) is 0 Å². The number of rotatable bonds is 27. The molecule has 42 heavy (non-hydrogen) atoms. The summed E-state index contributed by atoms with van der Waals surface area (Å²) < 4.78 is 37.8. The van der Waals surface area contributed by atoms with Crippen LogP contribution in [0.2, 0.25) is 18.1 Å². The fraction of sp³-hybridized carbons (Fsp3) is 0.889. The average molecular weight is 652 g/mol. The highest BCUT2D eigenvalue weighted by Gasteiger charge is 2.17. The molecule has 1 aromatic rings. The number of ether oxygens (including phenoxy) is 6. The summed E-state index contributed by atoms with van der Waals surface area (Å²) in [7, 11) is -2.12. The summed E-state index contributed by atoms with van der Waals surface area (Å²) in [6.07, 6.45) is 1.97. The van der Waals surface area contributed by atoms with Crippen molar-refractivity contribution in [1.82, 2.24) is 13.7 Å². The van der Waals surface area contributed by atoms with E-state index in [1.807, 2.05) is 41.5 Å². The molecule has 1 aromatic heterocycles. The van der Waals surface area contributed by atoms with Crippen LogP contribution in [0.1, 0.15) is 60.8 Å². The molecule has 0 radical (unpaired) electrons. The normalized spacial score (nSPS) is 12.8. The molecule has 15 heteroatoms. The molecule has 0 saturated heterocycles. The Morgan fingerprint density at radius 2 is 0.667 bits per heavy atom. The molecular weight excluding hydrogens is 595 g/mol. The van der Waals surface area contributed by atoms with Crippen LogP contribution < -0.4 is 17.1 Å². The van der Waals surface area contributed by atoms with Gasteiger partial charge < -0.3 is 28.4 Å². The molecule has 0 fully saturated rings. The standard InChI is InChI=1S/C27H57N3O9Si3/c1-7-34-25(35-8-2)40-19-13-16-28-22(31)29(17-14-20-41-26(36-9-3)37-10-4)24(33)30(23(28)32)18-15-21-42-27(38-11-5)39-12-6/h25-27H,7-21,40-42H2,1-6H3. The van der Waals surface area contributed by atoms with Gasteiger partial charge in [0.05, 0.1) is 28.6 Å². The maximum Gasteiger partial charge on any atom is 0.336 e. The molecule has 0 aliphatic heterocycles. The van der Waals surface area contributed by atoms with E-state index in [4.69, 9.17) is 28.4 Å². The van der Waals surface area contributed by atoms with Gasteiger partial charge in [0, 0.05) is 59.3 Å². The lowest BCUT2D eigenvalue weighted by Crippen LogP contribution is -2.54. The van der Waals surface area contributed by atoms with Crippen molar-refractivity contribution in [3.05, 3.63) is 31.5 Å². The van der Waals surface area contributed by atoms with Gasteiger partial charge in [-0.05, 0) is 60.8 Å². The highest BCUT2D eigenvalue weighted by molar-refractivity contribution is 6.37. The van der Waals surface area contributed by atoms with Crippen LogP contribution in [0.5, 0.6) is 0 Å². The zero-order valence-corrected chi connectivity index (χ0v) is 31.2. The largest absolute Gasteiger partial charge is 0.357 e. The summed E-state index contributed by atoms with van der Waals surface area (Å²) >= 11 is 0. The third-order valence-corrected chi connectivity index (χ3v) is 12.3. The Balaban J connectivity index is 3.05. The van der Waals surface area contributed by atoms with Gasteiger partial charge in [0.2, 0.25) is 0 Å². The van der Waals surface area contributed by atoms with Crippen molar-refractivity contribution in [2.75, 3.05) is 39.6 Å². The summed E-state index contributed by atoms with van der Waals surface area (Å²) in [5, 5.41) is 0. The molecule has 0 unspecified atom stereocenters. The SMILES string of the molecule is CCOC(OCC)[SiH2]CCCn1c(=O)n(CCC[SiH2]C(OCC)OCC)c(=O)n(CCC[SiH2]C(OCC)OCC)c1=O. The van der Waals surface area contributed by atoms with Crippen LogP contribution in [-0.4, -0.2) is 99.6 Å². The lowest BCUT2D eigenvalue weighted by Gasteiger charge is -2.18. The molecule has 0 aliphatic rings. The summed E-state index contributed by atoms with van der Waals surface area (Å²) in [4.78, 5) is 40.2. The first-order valence-corrected chi connectivity index (χ1v) is 21.5. The van der Waals surface area contributed by atoms with E-state index in [0.717, 1.165) is 18.1 Å². The predicted octanol–water partition coefficient (Wildman–Crippen LogP) is 0.173. The minimum absolute atomic E-state index is 0.162. The Kier molecular flexibility index (Phi) is 22.4. The summed E-state index contributed by atoms with van der Waals surface area (Å²) in [6, 6.07) is 2.58. The average Bonchev–Trinajstić information content (AvgIpc) is 2.96. The number of nitrogens with zero attached hydrogens (tertiary/aromatic N) is 3. The van der Waals surface area contributed by atoms with Crippen molar-refractivity contribution in [2.24, 2.45) is 0 Å². The number of aromatic nitrogens is 3. The van der Waals surface area contributed by atoms with E-state index in [1.165, 1.54) is 13.7 Å². The second-order valence-corrected chi connectivity index (χ2v) is 15.7. The molecule has 0 aliphatic carbocycles. The maximum atomic E-state index is 13.4. The second kappa shape index (κ2) is 24.2. The smallest absolute Gasteiger partial charge is 0.336 e. The minimum atomic E-state index is -0.707. The minimum Gasteiger partial charge on any atom is -0.357 e. The topological polar surface area (TPSA) is 121 Å². The molecular formula is C27H57N3O9Si3. The first kappa shape index (κ1) is 38.8. The third-order valence-electron chi connectivity index (χ3n) is 6.72. The second-order valence-electron chi connectivity index (χ2n) is 9.81. The molecule has 0 N–H and O–H groups in total. The zero-order valence-electron chi connectivity index (χ0n) is 27.0. The lowest BCUT2D eigenvalue weighted by atomic mass is 10.4. The van der Waals surface area contributed by atoms with Gasteiger partial charge in [-0.25, -0.2) is 28.1 Å². The van der Waals surface area contributed by atoms with Crippen LogP contribution >= 0.6 is 0 Å². The van der Waals surface area contributed by atoms with E-state index in [0.29, 0.717) is 58.9 Å². The fourth-order valence-electron chi connectivity index (χ4n) is 4.76. The van der Waals surface area contributed by atoms with Gasteiger partial charge in [0.1, 0.15) is 17.7 Å². The molecule has 0 amide bonds. The molecule has 0 bridgehead atoms. The van der Waals surface area contributed by atoms with Crippen LogP contribution in [0.25, 0.3) is 0 Å². The molecule has 1 rings (SSSR count). The van der Waals surface area contributed by atoms with Gasteiger partial charge in [-0.3, -0.25) is 0 Å². The van der Waals surface area contributed by atoms with Crippen molar-refractivity contribution < 1.29 is 28.4 Å². The van der Waals surface area contributed by atoms with E-state index >= 15 is 0 Å². The molecule has 0 saturated carbocycles. The Morgan fingerprint density at radius 1 is 0.452 bits per heavy atom. The zero-order chi connectivity index (χ0) is 31.2. The Labute approximate surface area is 257 Å². The van der Waals surface area contributed by atoms with E-state index in [2.05, 4.69) is 0 Å². The molecule has 0 aromatic carbocycles. The van der Waals surface area contributed by atoms with E-state index in [-0.39, 0.29) is 37.4 Å². The van der Waals surface area contributed by atoms with Gasteiger partial charge in [-0.2, -0.15) is 0 Å². The lowest BCUT2D eigenvalue weighted by molar-refractivity contribution is -0.0830. The molecule has 0 spiro atoms. The summed E-state index contributed by atoms with van der Waals surface area (Å²) in [6.45, 7) is 16.0.